The normalized spacial score (nSPS) is 27.6. The Hall–Kier alpha value is -4.85. The molecule has 0 radical (unpaired) electrons. The molecule has 0 aromatic carbocycles. The number of aliphatic hydroxyl groups excluding tert-OH is 9. The molecule has 0 spiro atoms. The summed E-state index contributed by atoms with van der Waals surface area (Å²) in [5.74, 6) is -3.70. The number of nitrogens with zero attached hydrogens (tertiary/aromatic N) is 1. The Labute approximate surface area is 638 Å². The Kier molecular flexibility index (Phi) is 48.5. The van der Waals surface area contributed by atoms with E-state index in [9.17, 15) is 93.8 Å². The minimum atomic E-state index is -4.05. The van der Waals surface area contributed by atoms with Crippen LogP contribution < -0.4 is 37.2 Å². The second-order valence-corrected chi connectivity index (χ2v) is 29.4. The van der Waals surface area contributed by atoms with E-state index in [-0.39, 0.29) is 141 Å². The van der Waals surface area contributed by atoms with Crippen molar-refractivity contribution in [3.63, 3.8) is 0 Å². The number of phosphoric acid groups is 1. The van der Waals surface area contributed by atoms with Gasteiger partial charge in [-0.05, 0) is 57.8 Å². The summed E-state index contributed by atoms with van der Waals surface area (Å²) in [7, 11) is -2.97. The average molecular weight is 1590 g/mol. The van der Waals surface area contributed by atoms with Crippen molar-refractivity contribution in [1.82, 2.24) is 42.1 Å². The van der Waals surface area contributed by atoms with Crippen LogP contribution in [0.1, 0.15) is 162 Å². The lowest BCUT2D eigenvalue weighted by molar-refractivity contribution is -0.270. The van der Waals surface area contributed by atoms with E-state index < -0.39 is 155 Å². The summed E-state index contributed by atoms with van der Waals surface area (Å²) in [6.45, 7) is 4.50. The first-order valence-corrected chi connectivity index (χ1v) is 39.9. The van der Waals surface area contributed by atoms with E-state index in [0.717, 1.165) is 26.4 Å². The van der Waals surface area contributed by atoms with Crippen molar-refractivity contribution in [2.75, 3.05) is 126 Å². The highest BCUT2D eigenvalue weighted by Crippen LogP contribution is 2.42. The number of carbonyl (C=O) groups is 8. The Morgan fingerprint density at radius 1 is 0.404 bits per heavy atom. The molecule has 18 unspecified atom stereocenters. The van der Waals surface area contributed by atoms with E-state index in [1.54, 1.807) is 4.90 Å². The van der Waals surface area contributed by atoms with Crippen LogP contribution in [0.15, 0.2) is 0 Å². The first kappa shape index (κ1) is 96.5. The lowest BCUT2D eigenvalue weighted by Crippen LogP contribution is -2.64. The zero-order valence-electron chi connectivity index (χ0n) is 63.7. The molecule has 4 saturated heterocycles. The topological polar surface area (TPSA) is 545 Å². The third kappa shape index (κ3) is 37.8. The van der Waals surface area contributed by atoms with Crippen LogP contribution in [0.2, 0.25) is 0 Å². The maximum atomic E-state index is 14.2. The lowest BCUT2D eigenvalue weighted by atomic mass is 9.86. The molecule has 109 heavy (non-hydrogen) atoms. The fraction of sp³-hybridized carbons (Fsp3) is 0.886. The first-order valence-electron chi connectivity index (χ1n) is 38.4. The number of likely N-dealkylation sites (tertiary alicyclic amines) is 1. The summed E-state index contributed by atoms with van der Waals surface area (Å²) < 4.78 is 74.0. The summed E-state index contributed by atoms with van der Waals surface area (Å²) in [6, 6.07) is -3.17. The van der Waals surface area contributed by atoms with Crippen molar-refractivity contribution >= 4 is 55.1 Å². The van der Waals surface area contributed by atoms with E-state index in [1.165, 1.54) is 20.8 Å². The molecule has 17 N–H and O–H groups in total. The van der Waals surface area contributed by atoms with Gasteiger partial charge in [-0.25, -0.2) is 4.57 Å². The highest BCUT2D eigenvalue weighted by atomic mass is 31.2. The van der Waals surface area contributed by atoms with Crippen LogP contribution in [-0.2, 0) is 94.6 Å². The highest BCUT2D eigenvalue weighted by Gasteiger charge is 2.48. The second kappa shape index (κ2) is 54.8. The monoisotopic (exact) mass is 1590 g/mol. The van der Waals surface area contributed by atoms with Crippen LogP contribution in [0.3, 0.4) is 0 Å². The number of aliphatic hydroxyl groups is 9. The molecule has 632 valence electrons. The highest BCUT2D eigenvalue weighted by molar-refractivity contribution is 7.47. The molecule has 4 heterocycles. The van der Waals surface area contributed by atoms with Gasteiger partial charge in [0.25, 0.3) is 0 Å². The first-order chi connectivity index (χ1) is 52.2. The molecule has 0 bridgehead atoms. The van der Waals surface area contributed by atoms with Crippen molar-refractivity contribution in [3.05, 3.63) is 0 Å². The molecule has 4 rings (SSSR count). The number of rotatable bonds is 57. The van der Waals surface area contributed by atoms with Crippen LogP contribution in [-0.4, -0.2) is 327 Å². The summed E-state index contributed by atoms with van der Waals surface area (Å²) in [6.07, 6.45) is -5.15. The molecule has 4 aliphatic rings. The molecule has 0 aromatic heterocycles. The lowest BCUT2D eigenvalue weighted by Gasteiger charge is -2.43. The minimum Gasteiger partial charge on any atom is -0.394 e. The molecular weight excluding hydrogens is 1460 g/mol. The number of amides is 8. The molecule has 4 aliphatic heterocycles. The van der Waals surface area contributed by atoms with E-state index in [1.807, 2.05) is 0 Å². The van der Waals surface area contributed by atoms with Crippen molar-refractivity contribution in [2.45, 2.75) is 260 Å². The third-order valence-corrected chi connectivity index (χ3v) is 19.9. The Bertz CT molecular complexity index is 2580. The van der Waals surface area contributed by atoms with Crippen molar-refractivity contribution in [3.8, 4) is 0 Å². The molecule has 0 saturated carbocycles. The van der Waals surface area contributed by atoms with Gasteiger partial charge < -0.3 is 136 Å². The fourth-order valence-electron chi connectivity index (χ4n) is 12.9. The van der Waals surface area contributed by atoms with Gasteiger partial charge in [0, 0.05) is 131 Å². The quantitative estimate of drug-likeness (QED) is 0.0216. The molecule has 39 heteroatoms. The number of nitrogens with one attached hydrogen (secondary N) is 7. The Balaban J connectivity index is 1.33. The van der Waals surface area contributed by atoms with E-state index in [2.05, 4.69) is 41.7 Å². The summed E-state index contributed by atoms with van der Waals surface area (Å²) >= 11 is 0. The molecule has 0 aliphatic carbocycles. The molecule has 0 aromatic rings. The molecule has 4 fully saturated rings. The summed E-state index contributed by atoms with van der Waals surface area (Å²) in [5.41, 5.74) is 0. The smallest absolute Gasteiger partial charge is 0.394 e. The maximum Gasteiger partial charge on any atom is 0.471 e. The zero-order valence-corrected chi connectivity index (χ0v) is 64.6. The van der Waals surface area contributed by atoms with Gasteiger partial charge in [-0.15, -0.1) is 0 Å². The number of ether oxygens (including phenoxy) is 9. The predicted octanol–water partition coefficient (Wildman–Crippen LogP) is -2.83. The third-order valence-electron chi connectivity index (χ3n) is 18.9. The zero-order chi connectivity index (χ0) is 80.1. The SMILES string of the molecule is COP(=O)(O)OCCCCCCNC(=O)CCCC(=O)N1CC(COCCC(=O)NCCCCCCOC2OC(CO)C(O)C(O)C2NC(C)=O)C(OCCC(=O)NCCCCCCOC2OC(CO)C(O)C(O)C2NC(C)=O)C(COCCC(=O)NCCCCCCOC2OC(CO)C(O)C(O)C2NC(C)=O)C1. The standard InChI is InChI=1S/C70H127N8O30P/c1-45(82)75-58-64(93)61(90)50(40-79)106-68(58)102-31-17-9-5-13-28-72-54(86)24-35-99-43-48-38-78(57(89)23-21-22-53(85)71-27-16-8-12-20-34-105-109(96,97)98-4)39-49(44-100-36-25-55(87)73-29-14-6-10-18-32-103-69-59(76-46(2)83)65(94)62(91)51(41-80)107-69)67(48)101-37-26-56(88)74-30-15-7-11-19-33-104-70-60(77-47(3)84)66(95)63(92)52(42-81)108-70/h48-52,58-70,79-81,90-95H,5-44H2,1-4H3,(H,71,85)(H,72,86)(H,73,87)(H,74,88)(H,75,82)(H,76,83)(H,77,84)(H,96,97). The van der Waals surface area contributed by atoms with Gasteiger partial charge in [-0.2, -0.15) is 0 Å². The number of piperidine rings is 1. The van der Waals surface area contributed by atoms with E-state index in [4.69, 9.17) is 47.2 Å². The second-order valence-electron chi connectivity index (χ2n) is 27.9. The summed E-state index contributed by atoms with van der Waals surface area (Å²) in [4.78, 5) is 113. The number of phosphoric ester groups is 1. The van der Waals surface area contributed by atoms with Gasteiger partial charge in [0.05, 0.1) is 65.6 Å². The number of unbranched alkanes of at least 4 members (excludes halogenated alkanes) is 12. The maximum absolute atomic E-state index is 14.2. The Morgan fingerprint density at radius 2 is 0.725 bits per heavy atom. The number of hydrogen-bond acceptors (Lipinski definition) is 29. The van der Waals surface area contributed by atoms with E-state index >= 15 is 0 Å². The molecule has 38 nitrogen and oxygen atoms in total. The van der Waals surface area contributed by atoms with E-state index in [0.29, 0.717) is 110 Å². The van der Waals surface area contributed by atoms with Crippen molar-refractivity contribution < 1.29 is 145 Å². The largest absolute Gasteiger partial charge is 0.471 e. The van der Waals surface area contributed by atoms with Gasteiger partial charge in [0.15, 0.2) is 18.9 Å². The summed E-state index contributed by atoms with van der Waals surface area (Å²) in [5, 5.41) is 111. The van der Waals surface area contributed by atoms with Gasteiger partial charge in [0.1, 0.15) is 73.1 Å². The predicted molar refractivity (Wildman–Crippen MR) is 385 cm³/mol. The van der Waals surface area contributed by atoms with Crippen LogP contribution in [0.5, 0.6) is 0 Å². The van der Waals surface area contributed by atoms with Gasteiger partial charge in [0.2, 0.25) is 47.3 Å². The van der Waals surface area contributed by atoms with Crippen LogP contribution in [0.25, 0.3) is 0 Å². The molecule has 8 amide bonds. The number of carbonyl (C=O) groups excluding carboxylic acids is 8. The van der Waals surface area contributed by atoms with Gasteiger partial charge in [-0.1, -0.05) is 51.4 Å². The van der Waals surface area contributed by atoms with Gasteiger partial charge >= 0.3 is 7.82 Å². The van der Waals surface area contributed by atoms with Crippen LogP contribution >= 0.6 is 7.82 Å². The van der Waals surface area contributed by atoms with Crippen molar-refractivity contribution in [2.24, 2.45) is 11.8 Å². The number of hydrogen-bond donors (Lipinski definition) is 17. The molecular formula is C70H127N8O30P. The van der Waals surface area contributed by atoms with Crippen LogP contribution in [0.4, 0.5) is 0 Å². The van der Waals surface area contributed by atoms with Crippen molar-refractivity contribution in [1.29, 1.82) is 0 Å². The molecule has 18 atom stereocenters. The van der Waals surface area contributed by atoms with Gasteiger partial charge in [-0.3, -0.25) is 47.4 Å². The Morgan fingerprint density at radius 3 is 1.06 bits per heavy atom. The fourth-order valence-corrected chi connectivity index (χ4v) is 13.4. The average Bonchev–Trinajstić information content (AvgIpc) is 0.831. The minimum absolute atomic E-state index is 0.00272. The van der Waals surface area contributed by atoms with Crippen LogP contribution in [0, 0.1) is 11.8 Å².